The number of thioether (sulfide) groups is 1. The van der Waals surface area contributed by atoms with Gasteiger partial charge in [0.05, 0.1) is 5.75 Å². The molecule has 2 rings (SSSR count). The highest BCUT2D eigenvalue weighted by Gasteiger charge is 2.20. The predicted octanol–water partition coefficient (Wildman–Crippen LogP) is 0.590. The van der Waals surface area contributed by atoms with Gasteiger partial charge in [0.25, 0.3) is 5.56 Å². The van der Waals surface area contributed by atoms with Crippen LogP contribution in [0.2, 0.25) is 0 Å². The summed E-state index contributed by atoms with van der Waals surface area (Å²) in [7, 11) is 0. The number of aryl methyl sites for hydroxylation is 1. The molecule has 25 heavy (non-hydrogen) atoms. The first-order chi connectivity index (χ1) is 11.9. The second kappa shape index (κ2) is 7.97. The number of carbonyl (C=O) groups is 1. The van der Waals surface area contributed by atoms with Gasteiger partial charge in [0.1, 0.15) is 17.2 Å². The molecule has 0 aliphatic carbocycles. The third kappa shape index (κ3) is 3.90. The summed E-state index contributed by atoms with van der Waals surface area (Å²) in [5, 5.41) is 8.52. The van der Waals surface area contributed by atoms with Crippen LogP contribution in [0.1, 0.15) is 29.5 Å². The maximum absolute atomic E-state index is 12.5. The van der Waals surface area contributed by atoms with Crippen LogP contribution in [0.5, 0.6) is 0 Å². The predicted molar refractivity (Wildman–Crippen MR) is 96.0 cm³/mol. The molecule has 0 unspecified atom stereocenters. The number of H-pyrrole nitrogens is 1. The van der Waals surface area contributed by atoms with E-state index in [0.717, 1.165) is 11.8 Å². The Kier molecular flexibility index (Phi) is 5.97. The van der Waals surface area contributed by atoms with Crippen LogP contribution in [0.3, 0.4) is 0 Å². The molecule has 0 aliphatic heterocycles. The Labute approximate surface area is 148 Å². The van der Waals surface area contributed by atoms with Crippen molar-refractivity contribution >= 4 is 23.4 Å². The summed E-state index contributed by atoms with van der Waals surface area (Å²) in [6.45, 7) is 8.17. The third-order valence-corrected chi connectivity index (χ3v) is 4.48. The molecule has 2 aromatic rings. The van der Waals surface area contributed by atoms with Gasteiger partial charge in [-0.1, -0.05) is 24.8 Å². The van der Waals surface area contributed by atoms with Crippen LogP contribution in [0.25, 0.3) is 0 Å². The fraction of sp³-hybridized carbons (Fsp3) is 0.400. The Bertz CT molecular complexity index is 911. The Balaban J connectivity index is 2.28. The Morgan fingerprint density at radius 2 is 2.08 bits per heavy atom. The van der Waals surface area contributed by atoms with E-state index in [1.54, 1.807) is 17.6 Å². The van der Waals surface area contributed by atoms with Gasteiger partial charge in [-0.3, -0.25) is 19.1 Å². The lowest BCUT2D eigenvalue weighted by Gasteiger charge is -2.11. The van der Waals surface area contributed by atoms with E-state index >= 15 is 0 Å². The minimum Gasteiger partial charge on any atom is -0.384 e. The normalized spacial score (nSPS) is 10.8. The molecule has 0 aromatic carbocycles. The molecule has 2 heterocycles. The van der Waals surface area contributed by atoms with Gasteiger partial charge >= 0.3 is 5.69 Å². The molecular formula is C15H20N6O3S. The van der Waals surface area contributed by atoms with Crippen molar-refractivity contribution in [1.29, 1.82) is 0 Å². The molecule has 0 saturated heterocycles. The van der Waals surface area contributed by atoms with Crippen LogP contribution < -0.4 is 17.0 Å². The number of anilines is 1. The highest BCUT2D eigenvalue weighted by atomic mass is 32.2. The van der Waals surface area contributed by atoms with Gasteiger partial charge in [-0.2, -0.15) is 0 Å². The summed E-state index contributed by atoms with van der Waals surface area (Å²) < 4.78 is 3.00. The van der Waals surface area contributed by atoms with Crippen LogP contribution in [-0.4, -0.2) is 35.9 Å². The lowest BCUT2D eigenvalue weighted by Crippen LogP contribution is -2.36. The first kappa shape index (κ1) is 18.7. The number of nitrogen functional groups attached to an aromatic ring is 1. The van der Waals surface area contributed by atoms with Crippen molar-refractivity contribution in [2.24, 2.45) is 0 Å². The number of nitrogens with two attached hydrogens (primary N) is 1. The third-order valence-electron chi connectivity index (χ3n) is 3.51. The van der Waals surface area contributed by atoms with Crippen molar-refractivity contribution in [2.75, 3.05) is 11.5 Å². The molecule has 0 radical (unpaired) electrons. The minimum absolute atomic E-state index is 0.0487. The smallest absolute Gasteiger partial charge is 0.329 e. The number of carbonyl (C=O) groups excluding carboxylic acids is 1. The highest BCUT2D eigenvalue weighted by molar-refractivity contribution is 7.99. The Hall–Kier alpha value is -2.62. The van der Waals surface area contributed by atoms with Crippen molar-refractivity contribution in [3.05, 3.63) is 44.9 Å². The fourth-order valence-electron chi connectivity index (χ4n) is 2.31. The van der Waals surface area contributed by atoms with Crippen LogP contribution in [-0.2, 0) is 13.1 Å². The average molecular weight is 364 g/mol. The molecule has 0 amide bonds. The standard InChI is InChI=1S/C15H20N6O3S/c1-4-6-20-9(3)18-19-15(20)25-8-10(22)11-12(16)21(7-5-2)14(24)17-13(11)23/h4H,1,5-8,16H2,2-3H3,(H,17,23,24). The van der Waals surface area contributed by atoms with Crippen LogP contribution in [0.15, 0.2) is 27.4 Å². The average Bonchev–Trinajstić information content (AvgIpc) is 2.90. The van der Waals surface area contributed by atoms with Gasteiger partial charge in [-0.15, -0.1) is 16.8 Å². The molecule has 0 aliphatic rings. The number of rotatable bonds is 8. The Morgan fingerprint density at radius 3 is 2.72 bits per heavy atom. The number of allylic oxidation sites excluding steroid dienone is 1. The molecule has 10 heteroatoms. The number of aromatic amines is 1. The zero-order chi connectivity index (χ0) is 18.6. The van der Waals surface area contributed by atoms with E-state index in [4.69, 9.17) is 5.73 Å². The van der Waals surface area contributed by atoms with Crippen molar-refractivity contribution in [2.45, 2.75) is 38.5 Å². The van der Waals surface area contributed by atoms with E-state index in [2.05, 4.69) is 21.8 Å². The number of Topliss-reactive ketones (excluding diaryl/α,β-unsaturated/α-hetero) is 1. The molecule has 0 spiro atoms. The molecule has 0 fully saturated rings. The number of aromatic nitrogens is 5. The molecule has 9 nitrogen and oxygen atoms in total. The summed E-state index contributed by atoms with van der Waals surface area (Å²) >= 11 is 1.15. The maximum Gasteiger partial charge on any atom is 0.329 e. The van der Waals surface area contributed by atoms with E-state index in [1.807, 2.05) is 6.92 Å². The van der Waals surface area contributed by atoms with Gasteiger partial charge in [-0.05, 0) is 13.3 Å². The summed E-state index contributed by atoms with van der Waals surface area (Å²) in [6, 6.07) is 0. The molecule has 0 atom stereocenters. The Morgan fingerprint density at radius 1 is 1.36 bits per heavy atom. The van der Waals surface area contributed by atoms with Crippen molar-refractivity contribution in [1.82, 2.24) is 24.3 Å². The summed E-state index contributed by atoms with van der Waals surface area (Å²) in [5.74, 6) is 0.0698. The highest BCUT2D eigenvalue weighted by Crippen LogP contribution is 2.19. The van der Waals surface area contributed by atoms with E-state index in [9.17, 15) is 14.4 Å². The first-order valence-electron chi connectivity index (χ1n) is 7.70. The quantitative estimate of drug-likeness (QED) is 0.398. The SMILES string of the molecule is C=CCn1c(C)nnc1SCC(=O)c1c(N)n(CCC)c(=O)[nH]c1=O. The second-order valence-electron chi connectivity index (χ2n) is 5.31. The van der Waals surface area contributed by atoms with Gasteiger partial charge < -0.3 is 10.3 Å². The molecule has 134 valence electrons. The first-order valence-corrected chi connectivity index (χ1v) is 8.68. The molecule has 0 saturated carbocycles. The molecule has 3 N–H and O–H groups in total. The van der Waals surface area contributed by atoms with Crippen molar-refractivity contribution in [3.8, 4) is 0 Å². The second-order valence-corrected chi connectivity index (χ2v) is 6.25. The van der Waals surface area contributed by atoms with Crippen LogP contribution >= 0.6 is 11.8 Å². The van der Waals surface area contributed by atoms with Crippen molar-refractivity contribution in [3.63, 3.8) is 0 Å². The van der Waals surface area contributed by atoms with Crippen LogP contribution in [0, 0.1) is 6.92 Å². The van der Waals surface area contributed by atoms with E-state index in [1.165, 1.54) is 4.57 Å². The lowest BCUT2D eigenvalue weighted by atomic mass is 10.2. The zero-order valence-corrected chi connectivity index (χ0v) is 14.9. The molecule has 0 bridgehead atoms. The largest absolute Gasteiger partial charge is 0.384 e. The van der Waals surface area contributed by atoms with E-state index < -0.39 is 17.0 Å². The topological polar surface area (TPSA) is 129 Å². The van der Waals surface area contributed by atoms with Gasteiger partial charge in [0.2, 0.25) is 0 Å². The number of nitrogens with zero attached hydrogens (tertiary/aromatic N) is 4. The summed E-state index contributed by atoms with van der Waals surface area (Å²) in [5.41, 5.74) is 4.30. The number of hydrogen-bond acceptors (Lipinski definition) is 7. The summed E-state index contributed by atoms with van der Waals surface area (Å²) in [4.78, 5) is 38.5. The monoisotopic (exact) mass is 364 g/mol. The van der Waals surface area contributed by atoms with Crippen LogP contribution in [0.4, 0.5) is 5.82 Å². The van der Waals surface area contributed by atoms with Crippen molar-refractivity contribution < 1.29 is 4.79 Å². The van der Waals surface area contributed by atoms with Gasteiger partial charge in [0.15, 0.2) is 10.9 Å². The maximum atomic E-state index is 12.5. The molecular weight excluding hydrogens is 344 g/mol. The van der Waals surface area contributed by atoms with Gasteiger partial charge in [-0.25, -0.2) is 4.79 Å². The van der Waals surface area contributed by atoms with E-state index in [0.29, 0.717) is 30.5 Å². The lowest BCUT2D eigenvalue weighted by molar-refractivity contribution is 0.102. The van der Waals surface area contributed by atoms with E-state index in [-0.39, 0.29) is 17.1 Å². The fourth-order valence-corrected chi connectivity index (χ4v) is 3.18. The molecule has 2 aromatic heterocycles. The summed E-state index contributed by atoms with van der Waals surface area (Å²) in [6.07, 6.45) is 2.34. The van der Waals surface area contributed by atoms with Gasteiger partial charge in [0, 0.05) is 13.1 Å². The number of ketones is 1. The number of nitrogens with one attached hydrogen (secondary N) is 1. The zero-order valence-electron chi connectivity index (χ0n) is 14.1. The number of hydrogen-bond donors (Lipinski definition) is 2. The minimum atomic E-state index is -0.774.